The van der Waals surface area contributed by atoms with Crippen molar-refractivity contribution in [3.05, 3.63) is 39.6 Å². The van der Waals surface area contributed by atoms with E-state index >= 15 is 0 Å². The number of rotatable bonds is 3. The lowest BCUT2D eigenvalue weighted by atomic mass is 10.2. The van der Waals surface area contributed by atoms with Crippen molar-refractivity contribution < 1.29 is 4.21 Å². The molecule has 0 aliphatic carbocycles. The van der Waals surface area contributed by atoms with Gasteiger partial charge in [0, 0.05) is 12.7 Å². The van der Waals surface area contributed by atoms with Gasteiger partial charge < -0.3 is 5.73 Å². The summed E-state index contributed by atoms with van der Waals surface area (Å²) in [5.74, 6) is 0.394. The lowest BCUT2D eigenvalue weighted by Crippen LogP contribution is -2.05. The second-order valence-electron chi connectivity index (χ2n) is 4.50. The number of hydrogen-bond acceptors (Lipinski definition) is 3. The third kappa shape index (κ3) is 2.90. The van der Waals surface area contributed by atoms with Crippen LogP contribution >= 0.6 is 15.9 Å². The Balaban J connectivity index is 2.31. The minimum atomic E-state index is -1.18. The zero-order chi connectivity index (χ0) is 14.2. The van der Waals surface area contributed by atoms with E-state index < -0.39 is 10.8 Å². The van der Waals surface area contributed by atoms with Gasteiger partial charge in [-0.15, -0.1) is 0 Å². The van der Waals surface area contributed by atoms with E-state index in [1.54, 1.807) is 4.68 Å². The number of benzene rings is 1. The first-order valence-electron chi connectivity index (χ1n) is 5.82. The van der Waals surface area contributed by atoms with Gasteiger partial charge in [0.1, 0.15) is 0 Å². The average Bonchev–Trinajstić information content (AvgIpc) is 2.56. The standard InChI is InChI=1S/C13H16BrN3OS/c1-8-4-5-12(10(15)6-8)19(18)7-11-13(14)9(2)16-17(11)3/h4-6H,7,15H2,1-3H3. The van der Waals surface area contributed by atoms with E-state index in [-0.39, 0.29) is 0 Å². The molecule has 2 aromatic rings. The molecular weight excluding hydrogens is 326 g/mol. The SMILES string of the molecule is Cc1ccc(S(=O)Cc2c(Br)c(C)nn2C)c(N)c1. The Hall–Kier alpha value is -1.14. The highest BCUT2D eigenvalue weighted by Crippen LogP contribution is 2.25. The van der Waals surface area contributed by atoms with Crippen LogP contribution in [0, 0.1) is 13.8 Å². The summed E-state index contributed by atoms with van der Waals surface area (Å²) >= 11 is 3.48. The van der Waals surface area contributed by atoms with Crippen molar-refractivity contribution in [1.82, 2.24) is 9.78 Å². The second kappa shape index (κ2) is 5.46. The monoisotopic (exact) mass is 341 g/mol. The van der Waals surface area contributed by atoms with E-state index in [1.807, 2.05) is 39.1 Å². The van der Waals surface area contributed by atoms with Crippen molar-refractivity contribution in [2.45, 2.75) is 24.5 Å². The minimum Gasteiger partial charge on any atom is -0.398 e. The van der Waals surface area contributed by atoms with Crippen LogP contribution in [0.25, 0.3) is 0 Å². The maximum Gasteiger partial charge on any atom is 0.0738 e. The fraction of sp³-hybridized carbons (Fsp3) is 0.308. The van der Waals surface area contributed by atoms with Crippen LogP contribution in [0.2, 0.25) is 0 Å². The maximum absolute atomic E-state index is 12.4. The molecule has 0 amide bonds. The lowest BCUT2D eigenvalue weighted by Gasteiger charge is -2.07. The number of nitrogens with two attached hydrogens (primary N) is 1. The van der Waals surface area contributed by atoms with Gasteiger partial charge in [0.05, 0.1) is 37.3 Å². The molecular formula is C13H16BrN3OS. The molecule has 0 aliphatic heterocycles. The molecule has 2 N–H and O–H groups in total. The fourth-order valence-corrected chi connectivity index (χ4v) is 3.85. The number of anilines is 1. The first-order chi connectivity index (χ1) is 8.90. The lowest BCUT2D eigenvalue weighted by molar-refractivity contribution is 0.676. The molecule has 1 unspecified atom stereocenters. The van der Waals surface area contributed by atoms with Gasteiger partial charge in [-0.1, -0.05) is 6.07 Å². The van der Waals surface area contributed by atoms with Crippen LogP contribution in [0.4, 0.5) is 5.69 Å². The van der Waals surface area contributed by atoms with Crippen LogP contribution < -0.4 is 5.73 Å². The Morgan fingerprint density at radius 1 is 1.42 bits per heavy atom. The van der Waals surface area contributed by atoms with Gasteiger partial charge in [-0.25, -0.2) is 0 Å². The van der Waals surface area contributed by atoms with Crippen LogP contribution in [0.3, 0.4) is 0 Å². The molecule has 0 saturated carbocycles. The summed E-state index contributed by atoms with van der Waals surface area (Å²) in [5, 5.41) is 4.30. The zero-order valence-corrected chi connectivity index (χ0v) is 13.5. The van der Waals surface area contributed by atoms with Crippen molar-refractivity contribution in [2.24, 2.45) is 7.05 Å². The number of aromatic nitrogens is 2. The summed E-state index contributed by atoms with van der Waals surface area (Å²) in [6.07, 6.45) is 0. The Bertz CT molecular complexity index is 652. The normalized spacial score (nSPS) is 12.6. The number of aryl methyl sites for hydroxylation is 3. The predicted molar refractivity (Wildman–Crippen MR) is 81.3 cm³/mol. The largest absolute Gasteiger partial charge is 0.398 e. The first-order valence-corrected chi connectivity index (χ1v) is 7.94. The minimum absolute atomic E-state index is 0.394. The quantitative estimate of drug-likeness (QED) is 0.873. The van der Waals surface area contributed by atoms with Crippen molar-refractivity contribution >= 4 is 32.4 Å². The maximum atomic E-state index is 12.4. The van der Waals surface area contributed by atoms with E-state index in [2.05, 4.69) is 21.0 Å². The summed E-state index contributed by atoms with van der Waals surface area (Å²) in [6, 6.07) is 5.60. The van der Waals surface area contributed by atoms with Crippen molar-refractivity contribution in [3.63, 3.8) is 0 Å². The highest BCUT2D eigenvalue weighted by molar-refractivity contribution is 9.10. The summed E-state index contributed by atoms with van der Waals surface area (Å²) in [7, 11) is 0.673. The smallest absolute Gasteiger partial charge is 0.0738 e. The molecule has 1 aromatic carbocycles. The van der Waals surface area contributed by atoms with Gasteiger partial charge in [0.25, 0.3) is 0 Å². The van der Waals surface area contributed by atoms with Gasteiger partial charge in [0.2, 0.25) is 0 Å². The fourth-order valence-electron chi connectivity index (χ4n) is 1.91. The van der Waals surface area contributed by atoms with Gasteiger partial charge in [0.15, 0.2) is 0 Å². The summed E-state index contributed by atoms with van der Waals surface area (Å²) in [4.78, 5) is 0.677. The third-order valence-corrected chi connectivity index (χ3v) is 5.37. The average molecular weight is 342 g/mol. The molecule has 1 heterocycles. The van der Waals surface area contributed by atoms with Crippen LogP contribution in [0.15, 0.2) is 27.6 Å². The highest BCUT2D eigenvalue weighted by atomic mass is 79.9. The summed E-state index contributed by atoms with van der Waals surface area (Å²) < 4.78 is 15.1. The molecule has 102 valence electrons. The molecule has 0 spiro atoms. The molecule has 0 radical (unpaired) electrons. The Kier molecular flexibility index (Phi) is 4.10. The Morgan fingerprint density at radius 2 is 2.11 bits per heavy atom. The van der Waals surface area contributed by atoms with Gasteiger partial charge in [-0.3, -0.25) is 8.89 Å². The van der Waals surface area contributed by atoms with Crippen molar-refractivity contribution in [3.8, 4) is 0 Å². The number of nitrogen functional groups attached to an aromatic ring is 1. The Morgan fingerprint density at radius 3 is 2.63 bits per heavy atom. The second-order valence-corrected chi connectivity index (χ2v) is 6.71. The Labute approximate surface area is 123 Å². The number of halogens is 1. The summed E-state index contributed by atoms with van der Waals surface area (Å²) in [5.41, 5.74) is 9.38. The molecule has 0 fully saturated rings. The van der Waals surface area contributed by atoms with Gasteiger partial charge in [-0.05, 0) is 47.5 Å². The topological polar surface area (TPSA) is 60.9 Å². The zero-order valence-electron chi connectivity index (χ0n) is 11.1. The molecule has 19 heavy (non-hydrogen) atoms. The van der Waals surface area contributed by atoms with E-state index in [4.69, 9.17) is 5.73 Å². The molecule has 1 aromatic heterocycles. The van der Waals surface area contributed by atoms with E-state index in [9.17, 15) is 4.21 Å². The number of nitrogens with zero attached hydrogens (tertiary/aromatic N) is 2. The van der Waals surface area contributed by atoms with Crippen LogP contribution in [0.5, 0.6) is 0 Å². The molecule has 2 rings (SSSR count). The van der Waals surface area contributed by atoms with Crippen LogP contribution in [-0.4, -0.2) is 14.0 Å². The summed E-state index contributed by atoms with van der Waals surface area (Å²) in [6.45, 7) is 3.88. The van der Waals surface area contributed by atoms with Crippen molar-refractivity contribution in [2.75, 3.05) is 5.73 Å². The van der Waals surface area contributed by atoms with Crippen LogP contribution in [0.1, 0.15) is 17.0 Å². The molecule has 0 saturated heterocycles. The molecule has 0 bridgehead atoms. The van der Waals surface area contributed by atoms with Crippen LogP contribution in [-0.2, 0) is 23.6 Å². The van der Waals surface area contributed by atoms with E-state index in [0.29, 0.717) is 16.3 Å². The molecule has 1 atom stereocenters. The first kappa shape index (κ1) is 14.3. The van der Waals surface area contributed by atoms with Gasteiger partial charge in [-0.2, -0.15) is 5.10 Å². The van der Waals surface area contributed by atoms with E-state index in [0.717, 1.165) is 21.4 Å². The third-order valence-electron chi connectivity index (χ3n) is 2.94. The predicted octanol–water partition coefficient (Wildman–Crippen LogP) is 2.69. The van der Waals surface area contributed by atoms with Crippen molar-refractivity contribution in [1.29, 1.82) is 0 Å². The molecule has 4 nitrogen and oxygen atoms in total. The number of hydrogen-bond donors (Lipinski definition) is 1. The van der Waals surface area contributed by atoms with Gasteiger partial charge >= 0.3 is 0 Å². The molecule has 0 aliphatic rings. The molecule has 6 heteroatoms. The highest BCUT2D eigenvalue weighted by Gasteiger charge is 2.16. The van der Waals surface area contributed by atoms with E-state index in [1.165, 1.54) is 0 Å².